The number of nitrogens with zero attached hydrogens (tertiary/aromatic N) is 1. The molecule has 0 saturated heterocycles. The van der Waals surface area contributed by atoms with E-state index in [0.29, 0.717) is 10.8 Å². The van der Waals surface area contributed by atoms with Crippen LogP contribution in [0.15, 0.2) is 52.5 Å². The van der Waals surface area contributed by atoms with Gasteiger partial charge >= 0.3 is 0 Å². The Morgan fingerprint density at radius 3 is 2.68 bits per heavy atom. The third-order valence-corrected chi connectivity index (χ3v) is 4.93. The van der Waals surface area contributed by atoms with Crippen LogP contribution in [-0.4, -0.2) is 23.9 Å². The van der Waals surface area contributed by atoms with Crippen molar-refractivity contribution in [1.29, 1.82) is 0 Å². The number of benzene rings is 1. The highest BCUT2D eigenvalue weighted by atomic mass is 32.1. The molecule has 0 saturated carbocycles. The number of rotatable bonds is 8. The molecule has 0 aliphatic heterocycles. The van der Waals surface area contributed by atoms with Crippen LogP contribution in [-0.2, 0) is 11.2 Å². The number of carbonyl (C=O) groups is 2. The smallest absolute Gasteiger partial charge is 0.293 e. The Labute approximate surface area is 166 Å². The maximum atomic E-state index is 12.4. The highest BCUT2D eigenvalue weighted by molar-refractivity contribution is 7.14. The molecule has 0 bridgehead atoms. The quantitative estimate of drug-likeness (QED) is 0.601. The number of hydrogen-bond donors (Lipinski definition) is 2. The van der Waals surface area contributed by atoms with Crippen LogP contribution < -0.4 is 15.4 Å². The Morgan fingerprint density at radius 1 is 1.25 bits per heavy atom. The topological polar surface area (TPSA) is 93.5 Å². The van der Waals surface area contributed by atoms with E-state index in [1.807, 2.05) is 31.2 Å². The molecule has 1 unspecified atom stereocenters. The summed E-state index contributed by atoms with van der Waals surface area (Å²) >= 11 is 1.26. The molecule has 2 amide bonds. The van der Waals surface area contributed by atoms with E-state index in [0.717, 1.165) is 17.7 Å². The molecule has 2 heterocycles. The third kappa shape index (κ3) is 4.98. The fraction of sp³-hybridized carbons (Fsp3) is 0.250. The fourth-order valence-corrected chi connectivity index (χ4v) is 3.38. The summed E-state index contributed by atoms with van der Waals surface area (Å²) in [5, 5.41) is 7.86. The number of anilines is 1. The van der Waals surface area contributed by atoms with Gasteiger partial charge in [-0.15, -0.1) is 11.3 Å². The summed E-state index contributed by atoms with van der Waals surface area (Å²) in [6.45, 7) is 2.01. The molecule has 0 aliphatic rings. The van der Waals surface area contributed by atoms with Crippen molar-refractivity contribution >= 4 is 28.3 Å². The van der Waals surface area contributed by atoms with Gasteiger partial charge in [0.05, 0.1) is 31.5 Å². The lowest BCUT2D eigenvalue weighted by atomic mass is 10.0. The zero-order valence-corrected chi connectivity index (χ0v) is 16.4. The number of amides is 2. The van der Waals surface area contributed by atoms with E-state index < -0.39 is 0 Å². The minimum Gasteiger partial charge on any atom is -0.497 e. The van der Waals surface area contributed by atoms with Crippen molar-refractivity contribution in [1.82, 2.24) is 10.3 Å². The van der Waals surface area contributed by atoms with E-state index in [2.05, 4.69) is 15.6 Å². The van der Waals surface area contributed by atoms with Crippen molar-refractivity contribution < 1.29 is 18.7 Å². The van der Waals surface area contributed by atoms with Crippen molar-refractivity contribution in [3.05, 3.63) is 65.1 Å². The summed E-state index contributed by atoms with van der Waals surface area (Å²) in [4.78, 5) is 28.7. The van der Waals surface area contributed by atoms with Crippen LogP contribution >= 0.6 is 11.3 Å². The molecule has 0 spiro atoms. The molecule has 7 nitrogen and oxygen atoms in total. The molecule has 1 atom stereocenters. The molecular formula is C20H21N3O4S. The van der Waals surface area contributed by atoms with E-state index in [9.17, 15) is 9.59 Å². The predicted molar refractivity (Wildman–Crippen MR) is 107 cm³/mol. The maximum absolute atomic E-state index is 12.4. The highest BCUT2D eigenvalue weighted by Gasteiger charge is 2.16. The second kappa shape index (κ2) is 9.18. The van der Waals surface area contributed by atoms with E-state index in [-0.39, 0.29) is 30.0 Å². The van der Waals surface area contributed by atoms with E-state index >= 15 is 0 Å². The van der Waals surface area contributed by atoms with E-state index in [1.165, 1.54) is 17.6 Å². The minimum atomic E-state index is -0.374. The normalized spacial score (nSPS) is 11.6. The number of ether oxygens (including phenoxy) is 1. The van der Waals surface area contributed by atoms with Crippen LogP contribution in [0, 0.1) is 0 Å². The molecule has 2 N–H and O–H groups in total. The van der Waals surface area contributed by atoms with Crippen molar-refractivity contribution in [3.63, 3.8) is 0 Å². The zero-order valence-electron chi connectivity index (χ0n) is 15.6. The standard InChI is InChI=1S/C20H21N3O4S/c1-3-16(13-6-8-15(26-2)9-7-13)22-18(24)11-14-12-28-20(21-14)23-19(25)17-5-4-10-27-17/h4-10,12,16H,3,11H2,1-2H3,(H,22,24)(H,21,23,25). The van der Waals surface area contributed by atoms with Gasteiger partial charge in [-0.3, -0.25) is 14.9 Å². The van der Waals surface area contributed by atoms with Crippen LogP contribution in [0.3, 0.4) is 0 Å². The average Bonchev–Trinajstić information content (AvgIpc) is 3.38. The van der Waals surface area contributed by atoms with Gasteiger partial charge in [0.2, 0.25) is 5.91 Å². The number of furan rings is 1. The predicted octanol–water partition coefficient (Wildman–Crippen LogP) is 3.81. The maximum Gasteiger partial charge on any atom is 0.293 e. The molecule has 28 heavy (non-hydrogen) atoms. The van der Waals surface area contributed by atoms with Gasteiger partial charge in [-0.2, -0.15) is 0 Å². The number of nitrogens with one attached hydrogen (secondary N) is 2. The van der Waals surface area contributed by atoms with Gasteiger partial charge in [0.25, 0.3) is 5.91 Å². The number of aromatic nitrogens is 1. The summed E-state index contributed by atoms with van der Waals surface area (Å²) < 4.78 is 10.2. The van der Waals surface area contributed by atoms with Crippen molar-refractivity contribution in [3.8, 4) is 5.75 Å². The second-order valence-corrected chi connectivity index (χ2v) is 6.91. The average molecular weight is 399 g/mol. The van der Waals surface area contributed by atoms with Gasteiger partial charge in [0, 0.05) is 5.38 Å². The van der Waals surface area contributed by atoms with Gasteiger partial charge in [0.15, 0.2) is 10.9 Å². The first kappa shape index (κ1) is 19.6. The lowest BCUT2D eigenvalue weighted by Gasteiger charge is -2.17. The third-order valence-electron chi connectivity index (χ3n) is 4.12. The zero-order chi connectivity index (χ0) is 19.9. The highest BCUT2D eigenvalue weighted by Crippen LogP contribution is 2.21. The largest absolute Gasteiger partial charge is 0.497 e. The molecule has 2 aromatic heterocycles. The van der Waals surface area contributed by atoms with Gasteiger partial charge in [-0.1, -0.05) is 19.1 Å². The summed E-state index contributed by atoms with van der Waals surface area (Å²) in [5.74, 6) is 0.481. The Hall–Kier alpha value is -3.13. The van der Waals surface area contributed by atoms with Crippen LogP contribution in [0.1, 0.15) is 41.2 Å². The van der Waals surface area contributed by atoms with E-state index in [4.69, 9.17) is 9.15 Å². The van der Waals surface area contributed by atoms with Crippen molar-refractivity contribution in [2.24, 2.45) is 0 Å². The summed E-state index contributed by atoms with van der Waals surface area (Å²) in [7, 11) is 1.62. The number of hydrogen-bond acceptors (Lipinski definition) is 6. The fourth-order valence-electron chi connectivity index (χ4n) is 2.68. The first-order valence-electron chi connectivity index (χ1n) is 8.81. The molecule has 3 rings (SSSR count). The monoisotopic (exact) mass is 399 g/mol. The van der Waals surface area contributed by atoms with Crippen LogP contribution in [0.25, 0.3) is 0 Å². The Morgan fingerprint density at radius 2 is 2.04 bits per heavy atom. The first-order valence-corrected chi connectivity index (χ1v) is 9.69. The summed E-state index contributed by atoms with van der Waals surface area (Å²) in [6, 6.07) is 10.8. The number of methoxy groups -OCH3 is 1. The van der Waals surface area contributed by atoms with Crippen LogP contribution in [0.2, 0.25) is 0 Å². The Kier molecular flexibility index (Phi) is 6.44. The molecule has 8 heteroatoms. The first-order chi connectivity index (χ1) is 13.6. The minimum absolute atomic E-state index is 0.0878. The Balaban J connectivity index is 1.56. The van der Waals surface area contributed by atoms with Gasteiger partial charge in [-0.25, -0.2) is 4.98 Å². The molecule has 0 aliphatic carbocycles. The lowest BCUT2D eigenvalue weighted by Crippen LogP contribution is -2.29. The Bertz CT molecular complexity index is 919. The van der Waals surface area contributed by atoms with Gasteiger partial charge in [-0.05, 0) is 36.2 Å². The summed E-state index contributed by atoms with van der Waals surface area (Å²) in [6.07, 6.45) is 2.33. The molecule has 0 fully saturated rings. The SMILES string of the molecule is CCC(NC(=O)Cc1csc(NC(=O)c2ccco2)n1)c1ccc(OC)cc1. The van der Waals surface area contributed by atoms with Crippen LogP contribution in [0.5, 0.6) is 5.75 Å². The molecular weight excluding hydrogens is 378 g/mol. The van der Waals surface area contributed by atoms with Gasteiger partial charge < -0.3 is 14.5 Å². The molecule has 3 aromatic rings. The van der Waals surface area contributed by atoms with Gasteiger partial charge in [0.1, 0.15) is 5.75 Å². The number of carbonyl (C=O) groups excluding carboxylic acids is 2. The second-order valence-electron chi connectivity index (χ2n) is 6.05. The number of thiazole rings is 1. The summed E-state index contributed by atoms with van der Waals surface area (Å²) in [5.41, 5.74) is 1.61. The van der Waals surface area contributed by atoms with E-state index in [1.54, 1.807) is 24.6 Å². The molecule has 146 valence electrons. The molecule has 1 aromatic carbocycles. The van der Waals surface area contributed by atoms with Crippen LogP contribution in [0.4, 0.5) is 5.13 Å². The van der Waals surface area contributed by atoms with Crippen molar-refractivity contribution in [2.75, 3.05) is 12.4 Å². The molecule has 0 radical (unpaired) electrons. The van der Waals surface area contributed by atoms with Crippen molar-refractivity contribution in [2.45, 2.75) is 25.8 Å². The lowest BCUT2D eigenvalue weighted by molar-refractivity contribution is -0.121.